The second-order valence-electron chi connectivity index (χ2n) is 6.29. The molecule has 0 N–H and O–H groups in total. The predicted molar refractivity (Wildman–Crippen MR) is 108 cm³/mol. The summed E-state index contributed by atoms with van der Waals surface area (Å²) in [6.07, 6.45) is 5.49. The fraction of sp³-hybridized carbons (Fsp3) is 0. The lowest BCUT2D eigenvalue weighted by Gasteiger charge is -2.04. The molecule has 0 spiro atoms. The lowest BCUT2D eigenvalue weighted by molar-refractivity contribution is 0.901. The number of nitrogens with zero attached hydrogens (tertiary/aromatic N) is 4. The fourth-order valence-electron chi connectivity index (χ4n) is 3.26. The Morgan fingerprint density at radius 1 is 0.667 bits per heavy atom. The molecule has 0 aliphatic carbocycles. The minimum atomic E-state index is 0.845. The van der Waals surface area contributed by atoms with Gasteiger partial charge < -0.3 is 0 Å². The second kappa shape index (κ2) is 6.50. The van der Waals surface area contributed by atoms with Gasteiger partial charge in [0.2, 0.25) is 0 Å². The first kappa shape index (κ1) is 15.5. The van der Waals surface area contributed by atoms with Crippen LogP contribution in [0.15, 0.2) is 97.5 Å². The number of hydrogen-bond donors (Lipinski definition) is 0. The van der Waals surface area contributed by atoms with Crippen LogP contribution in [0, 0.1) is 0 Å². The Labute approximate surface area is 156 Å². The van der Waals surface area contributed by atoms with Crippen LogP contribution in [0.2, 0.25) is 0 Å². The summed E-state index contributed by atoms with van der Waals surface area (Å²) in [5.41, 5.74) is 5.98. The van der Waals surface area contributed by atoms with Crippen molar-refractivity contribution in [2.45, 2.75) is 0 Å². The number of aromatic nitrogens is 4. The number of benzene rings is 2. The Balaban J connectivity index is 1.79. The third kappa shape index (κ3) is 2.77. The first-order valence-corrected chi connectivity index (χ1v) is 8.80. The van der Waals surface area contributed by atoms with Gasteiger partial charge in [-0.1, -0.05) is 48.5 Å². The van der Waals surface area contributed by atoms with Crippen molar-refractivity contribution >= 4 is 11.0 Å². The van der Waals surface area contributed by atoms with Crippen LogP contribution in [0.4, 0.5) is 0 Å². The van der Waals surface area contributed by atoms with Crippen LogP contribution in [0.3, 0.4) is 0 Å². The van der Waals surface area contributed by atoms with Gasteiger partial charge >= 0.3 is 0 Å². The van der Waals surface area contributed by atoms with Crippen molar-refractivity contribution < 1.29 is 0 Å². The van der Waals surface area contributed by atoms with Gasteiger partial charge in [0.1, 0.15) is 5.69 Å². The Hall–Kier alpha value is -3.79. The molecular formula is C23H16N4. The van der Waals surface area contributed by atoms with Gasteiger partial charge in [0, 0.05) is 35.1 Å². The molecule has 3 heterocycles. The highest BCUT2D eigenvalue weighted by Crippen LogP contribution is 2.31. The van der Waals surface area contributed by atoms with Gasteiger partial charge in [-0.05, 0) is 35.9 Å². The maximum absolute atomic E-state index is 4.91. The highest BCUT2D eigenvalue weighted by Gasteiger charge is 2.15. The average Bonchev–Trinajstić information content (AvgIpc) is 3.14. The maximum Gasteiger partial charge on any atom is 0.163 e. The van der Waals surface area contributed by atoms with Crippen LogP contribution in [-0.2, 0) is 0 Å². The van der Waals surface area contributed by atoms with E-state index in [1.165, 1.54) is 0 Å². The molecule has 0 radical (unpaired) electrons. The standard InChI is InChI=1S/C23H16N4/c1-3-7-18(8-4-1)22-21-15-19(17-11-13-24-14-12-17)16-25-23(21)27(26-22)20-9-5-2-6-10-20/h1-16H. The average molecular weight is 348 g/mol. The molecular weight excluding hydrogens is 332 g/mol. The van der Waals surface area contributed by atoms with Crippen molar-refractivity contribution in [2.75, 3.05) is 0 Å². The topological polar surface area (TPSA) is 43.6 Å². The Morgan fingerprint density at radius 3 is 2.11 bits per heavy atom. The molecule has 5 rings (SSSR count). The summed E-state index contributed by atoms with van der Waals surface area (Å²) in [7, 11) is 0. The third-order valence-corrected chi connectivity index (χ3v) is 4.58. The van der Waals surface area contributed by atoms with E-state index in [4.69, 9.17) is 10.1 Å². The molecule has 0 bridgehead atoms. The molecule has 0 saturated carbocycles. The second-order valence-corrected chi connectivity index (χ2v) is 6.29. The lowest BCUT2D eigenvalue weighted by Crippen LogP contribution is -1.97. The zero-order valence-electron chi connectivity index (χ0n) is 14.5. The minimum absolute atomic E-state index is 0.845. The quantitative estimate of drug-likeness (QED) is 0.453. The van der Waals surface area contributed by atoms with Crippen molar-refractivity contribution in [1.29, 1.82) is 0 Å². The van der Waals surface area contributed by atoms with E-state index < -0.39 is 0 Å². The lowest BCUT2D eigenvalue weighted by atomic mass is 10.1. The molecule has 5 aromatic rings. The summed E-state index contributed by atoms with van der Waals surface area (Å²) >= 11 is 0. The van der Waals surface area contributed by atoms with Gasteiger partial charge in [0.25, 0.3) is 0 Å². The molecule has 128 valence electrons. The monoisotopic (exact) mass is 348 g/mol. The smallest absolute Gasteiger partial charge is 0.163 e. The molecule has 4 heteroatoms. The molecule has 0 unspecified atom stereocenters. The largest absolute Gasteiger partial charge is 0.265 e. The van der Waals surface area contributed by atoms with Crippen LogP contribution < -0.4 is 0 Å². The summed E-state index contributed by atoms with van der Waals surface area (Å²) in [5, 5.41) is 5.93. The maximum atomic E-state index is 4.91. The van der Waals surface area contributed by atoms with E-state index in [0.29, 0.717) is 0 Å². The molecule has 27 heavy (non-hydrogen) atoms. The van der Waals surface area contributed by atoms with Crippen LogP contribution in [-0.4, -0.2) is 19.7 Å². The van der Waals surface area contributed by atoms with Crippen LogP contribution in [0.1, 0.15) is 0 Å². The van der Waals surface area contributed by atoms with Gasteiger partial charge in [0.15, 0.2) is 5.65 Å². The van der Waals surface area contributed by atoms with E-state index in [0.717, 1.165) is 39.1 Å². The minimum Gasteiger partial charge on any atom is -0.265 e. The Kier molecular flexibility index (Phi) is 3.72. The molecule has 0 fully saturated rings. The van der Waals surface area contributed by atoms with E-state index in [-0.39, 0.29) is 0 Å². The first-order valence-electron chi connectivity index (χ1n) is 8.80. The Bertz CT molecular complexity index is 1200. The Morgan fingerprint density at radius 2 is 1.37 bits per heavy atom. The van der Waals surface area contributed by atoms with Gasteiger partial charge in [0.05, 0.1) is 5.69 Å². The first-order chi connectivity index (χ1) is 13.4. The number of fused-ring (bicyclic) bond motifs is 1. The van der Waals surface area contributed by atoms with Crippen LogP contribution in [0.5, 0.6) is 0 Å². The number of para-hydroxylation sites is 1. The molecule has 0 saturated heterocycles. The summed E-state index contributed by atoms with van der Waals surface area (Å²) in [6.45, 7) is 0. The fourth-order valence-corrected chi connectivity index (χ4v) is 3.26. The van der Waals surface area contributed by atoms with Gasteiger partial charge in [-0.25, -0.2) is 9.67 Å². The van der Waals surface area contributed by atoms with Crippen molar-refractivity contribution in [3.63, 3.8) is 0 Å². The molecule has 4 nitrogen and oxygen atoms in total. The van der Waals surface area contributed by atoms with Crippen molar-refractivity contribution in [3.05, 3.63) is 97.5 Å². The number of pyridine rings is 2. The highest BCUT2D eigenvalue weighted by atomic mass is 15.3. The summed E-state index contributed by atoms with van der Waals surface area (Å²) in [5.74, 6) is 0. The van der Waals surface area contributed by atoms with Gasteiger partial charge in [-0.15, -0.1) is 0 Å². The zero-order valence-corrected chi connectivity index (χ0v) is 14.5. The number of rotatable bonds is 3. The van der Waals surface area contributed by atoms with E-state index >= 15 is 0 Å². The molecule has 0 aliphatic rings. The predicted octanol–water partition coefficient (Wildman–Crippen LogP) is 5.15. The molecule has 0 amide bonds. The SMILES string of the molecule is c1ccc(-c2nn(-c3ccccc3)c3ncc(-c4ccncc4)cc23)cc1. The van der Waals surface area contributed by atoms with E-state index in [9.17, 15) is 0 Å². The molecule has 0 atom stereocenters. The summed E-state index contributed by atoms with van der Waals surface area (Å²) < 4.78 is 1.91. The highest BCUT2D eigenvalue weighted by molar-refractivity contribution is 5.94. The van der Waals surface area contributed by atoms with Crippen molar-refractivity contribution in [1.82, 2.24) is 19.7 Å². The summed E-state index contributed by atoms with van der Waals surface area (Å²) in [6, 6.07) is 26.5. The normalized spacial score (nSPS) is 11.0. The van der Waals surface area contributed by atoms with E-state index in [2.05, 4.69) is 23.2 Å². The molecule has 2 aromatic carbocycles. The van der Waals surface area contributed by atoms with Crippen molar-refractivity contribution in [3.8, 4) is 28.1 Å². The summed E-state index contributed by atoms with van der Waals surface area (Å²) in [4.78, 5) is 8.87. The molecule has 3 aromatic heterocycles. The van der Waals surface area contributed by atoms with E-state index in [1.54, 1.807) is 12.4 Å². The van der Waals surface area contributed by atoms with E-state index in [1.807, 2.05) is 71.5 Å². The van der Waals surface area contributed by atoms with Crippen LogP contribution >= 0.6 is 0 Å². The van der Waals surface area contributed by atoms with Gasteiger partial charge in [-0.3, -0.25) is 4.98 Å². The zero-order chi connectivity index (χ0) is 18.1. The number of hydrogen-bond acceptors (Lipinski definition) is 3. The van der Waals surface area contributed by atoms with Crippen molar-refractivity contribution in [2.24, 2.45) is 0 Å². The van der Waals surface area contributed by atoms with Crippen LogP contribution in [0.25, 0.3) is 39.1 Å². The van der Waals surface area contributed by atoms with Gasteiger partial charge in [-0.2, -0.15) is 5.10 Å². The molecule has 0 aliphatic heterocycles. The third-order valence-electron chi connectivity index (χ3n) is 4.58.